The van der Waals surface area contributed by atoms with E-state index in [1.807, 2.05) is 27.7 Å². The van der Waals surface area contributed by atoms with Crippen molar-refractivity contribution in [3.05, 3.63) is 47.8 Å². The van der Waals surface area contributed by atoms with E-state index in [1.165, 1.54) is 6.08 Å². The maximum Gasteiger partial charge on any atom is 0.159 e. The molecule has 0 aromatic rings. The fraction of sp³-hybridized carbons (Fsp3) is 0.524. The third kappa shape index (κ3) is 3.17. The van der Waals surface area contributed by atoms with Gasteiger partial charge in [0, 0.05) is 24.2 Å². The van der Waals surface area contributed by atoms with Crippen LogP contribution in [0.15, 0.2) is 47.8 Å². The van der Waals surface area contributed by atoms with Crippen LogP contribution in [0.2, 0.25) is 0 Å². The summed E-state index contributed by atoms with van der Waals surface area (Å²) < 4.78 is 5.63. The Morgan fingerprint density at radius 3 is 2.54 bits per heavy atom. The van der Waals surface area contributed by atoms with Crippen LogP contribution in [0.4, 0.5) is 0 Å². The molecule has 0 aliphatic heterocycles. The molecule has 2 aliphatic carbocycles. The fourth-order valence-electron chi connectivity index (χ4n) is 3.97. The second-order valence-corrected chi connectivity index (χ2v) is 7.14. The Labute approximate surface area is 145 Å². The lowest BCUT2D eigenvalue weighted by Gasteiger charge is -2.30. The van der Waals surface area contributed by atoms with Gasteiger partial charge in [0.25, 0.3) is 0 Å². The van der Waals surface area contributed by atoms with E-state index in [0.29, 0.717) is 19.4 Å². The van der Waals surface area contributed by atoms with Gasteiger partial charge in [-0.25, -0.2) is 0 Å². The van der Waals surface area contributed by atoms with Crippen LogP contribution < -0.4 is 0 Å². The predicted octanol–water partition coefficient (Wildman–Crippen LogP) is 4.56. The first-order valence-electron chi connectivity index (χ1n) is 8.63. The minimum atomic E-state index is -0.567. The van der Waals surface area contributed by atoms with E-state index in [9.17, 15) is 9.59 Å². The highest BCUT2D eigenvalue weighted by Crippen LogP contribution is 2.64. The summed E-state index contributed by atoms with van der Waals surface area (Å²) in [5.74, 6) is 0.704. The monoisotopic (exact) mass is 328 g/mol. The molecule has 2 aliphatic rings. The van der Waals surface area contributed by atoms with Gasteiger partial charge in [-0.2, -0.15) is 0 Å². The van der Waals surface area contributed by atoms with Crippen LogP contribution in [0.3, 0.4) is 0 Å². The second-order valence-electron chi connectivity index (χ2n) is 7.14. The van der Waals surface area contributed by atoms with Crippen molar-refractivity contribution >= 4 is 11.6 Å². The first-order valence-corrected chi connectivity index (χ1v) is 8.63. The molecular weight excluding hydrogens is 300 g/mol. The highest BCUT2D eigenvalue weighted by molar-refractivity contribution is 6.01. The second kappa shape index (κ2) is 6.92. The van der Waals surface area contributed by atoms with Crippen LogP contribution in [0, 0.1) is 17.3 Å². The molecule has 1 saturated carbocycles. The van der Waals surface area contributed by atoms with Crippen molar-refractivity contribution in [1.29, 1.82) is 0 Å². The number of carbonyl (C=O) groups is 2. The van der Waals surface area contributed by atoms with Crippen molar-refractivity contribution in [2.24, 2.45) is 17.3 Å². The molecule has 0 spiro atoms. The Morgan fingerprint density at radius 1 is 1.38 bits per heavy atom. The topological polar surface area (TPSA) is 43.4 Å². The molecule has 0 radical (unpaired) electrons. The van der Waals surface area contributed by atoms with Gasteiger partial charge in [0.2, 0.25) is 0 Å². The van der Waals surface area contributed by atoms with Crippen LogP contribution in [0.25, 0.3) is 0 Å². The summed E-state index contributed by atoms with van der Waals surface area (Å²) in [6, 6.07) is 0. The van der Waals surface area contributed by atoms with Gasteiger partial charge in [-0.1, -0.05) is 24.3 Å². The summed E-state index contributed by atoms with van der Waals surface area (Å²) in [6.07, 6.45) is 4.99. The summed E-state index contributed by atoms with van der Waals surface area (Å²) in [6.45, 7) is 16.0. The molecule has 0 aromatic carbocycles. The Morgan fingerprint density at radius 2 is 2.04 bits per heavy atom. The Hall–Kier alpha value is -1.90. The standard InChI is InChI=1S/C21H28O3/c1-7-19(22)18-10-16(24-8-2)9-15-12-21(15,18)20(23)11-17(13(3)4)14(5)6/h7,9,15,18H,1,3,8,10-12H2,2,4-6H3/t15-,18+,21-/m1/s1. The van der Waals surface area contributed by atoms with Crippen molar-refractivity contribution in [1.82, 2.24) is 0 Å². The first kappa shape index (κ1) is 18.4. The van der Waals surface area contributed by atoms with Crippen molar-refractivity contribution in [3.63, 3.8) is 0 Å². The number of allylic oxidation sites excluding steroid dienone is 6. The predicted molar refractivity (Wildman–Crippen MR) is 96.4 cm³/mol. The van der Waals surface area contributed by atoms with Crippen LogP contribution in [0.5, 0.6) is 0 Å². The van der Waals surface area contributed by atoms with Gasteiger partial charge >= 0.3 is 0 Å². The minimum Gasteiger partial charge on any atom is -0.499 e. The van der Waals surface area contributed by atoms with E-state index in [1.54, 1.807) is 0 Å². The molecular formula is C21H28O3. The number of ketones is 2. The number of hydrogen-bond donors (Lipinski definition) is 0. The van der Waals surface area contributed by atoms with Gasteiger partial charge in [-0.15, -0.1) is 0 Å². The maximum atomic E-state index is 13.1. The van der Waals surface area contributed by atoms with Crippen LogP contribution in [0.1, 0.15) is 47.0 Å². The molecule has 3 nitrogen and oxygen atoms in total. The molecule has 130 valence electrons. The molecule has 0 N–H and O–H groups in total. The van der Waals surface area contributed by atoms with Crippen molar-refractivity contribution in [2.75, 3.05) is 6.61 Å². The lowest BCUT2D eigenvalue weighted by molar-refractivity contribution is -0.132. The molecule has 0 heterocycles. The first-order chi connectivity index (χ1) is 11.3. The SMILES string of the molecule is C=CC(=O)[C@@H]1CC(OCC)=C[C@@H]2C[C@@]21C(=O)CC(C(=C)C)=C(C)C. The van der Waals surface area contributed by atoms with Crippen LogP contribution >= 0.6 is 0 Å². The summed E-state index contributed by atoms with van der Waals surface area (Å²) >= 11 is 0. The van der Waals surface area contributed by atoms with Crippen LogP contribution in [-0.2, 0) is 14.3 Å². The quantitative estimate of drug-likeness (QED) is 0.484. The molecule has 3 heteroatoms. The lowest BCUT2D eigenvalue weighted by Crippen LogP contribution is -2.35. The van der Waals surface area contributed by atoms with E-state index in [2.05, 4.69) is 19.2 Å². The normalized spacial score (nSPS) is 27.4. The molecule has 3 atom stereocenters. The van der Waals surface area contributed by atoms with E-state index >= 15 is 0 Å². The third-order valence-electron chi connectivity index (χ3n) is 5.32. The molecule has 0 saturated heterocycles. The summed E-state index contributed by atoms with van der Waals surface area (Å²) in [4.78, 5) is 25.6. The summed E-state index contributed by atoms with van der Waals surface area (Å²) in [7, 11) is 0. The fourth-order valence-corrected chi connectivity index (χ4v) is 3.97. The largest absolute Gasteiger partial charge is 0.499 e. The Bertz CT molecular complexity index is 646. The van der Waals surface area contributed by atoms with E-state index in [-0.39, 0.29) is 23.4 Å². The maximum absolute atomic E-state index is 13.1. The Kier molecular flexibility index (Phi) is 5.32. The van der Waals surface area contributed by atoms with Gasteiger partial charge in [0.1, 0.15) is 5.78 Å². The molecule has 2 rings (SSSR count). The molecule has 0 bridgehead atoms. The number of fused-ring (bicyclic) bond motifs is 1. The Balaban J connectivity index is 2.32. The number of carbonyl (C=O) groups excluding carboxylic acids is 2. The number of Topliss-reactive ketones (excluding diaryl/α,β-unsaturated/α-hetero) is 1. The van der Waals surface area contributed by atoms with Gasteiger partial charge in [-0.05, 0) is 57.8 Å². The van der Waals surface area contributed by atoms with Crippen molar-refractivity contribution < 1.29 is 14.3 Å². The number of hydrogen-bond acceptors (Lipinski definition) is 3. The average molecular weight is 328 g/mol. The highest BCUT2D eigenvalue weighted by atomic mass is 16.5. The molecule has 0 amide bonds. The van der Waals surface area contributed by atoms with E-state index in [0.717, 1.165) is 28.9 Å². The van der Waals surface area contributed by atoms with Gasteiger partial charge in [0.15, 0.2) is 5.78 Å². The smallest absolute Gasteiger partial charge is 0.159 e. The van der Waals surface area contributed by atoms with Crippen molar-refractivity contribution in [3.8, 4) is 0 Å². The highest BCUT2D eigenvalue weighted by Gasteiger charge is 2.65. The zero-order valence-corrected chi connectivity index (χ0v) is 15.3. The van der Waals surface area contributed by atoms with Gasteiger partial charge in [0.05, 0.1) is 12.4 Å². The zero-order valence-electron chi connectivity index (χ0n) is 15.3. The van der Waals surface area contributed by atoms with Gasteiger partial charge in [-0.3, -0.25) is 9.59 Å². The molecule has 0 aromatic heterocycles. The van der Waals surface area contributed by atoms with Gasteiger partial charge < -0.3 is 4.74 Å². The molecule has 0 unspecified atom stereocenters. The van der Waals surface area contributed by atoms with E-state index in [4.69, 9.17) is 4.74 Å². The summed E-state index contributed by atoms with van der Waals surface area (Å²) in [5.41, 5.74) is 2.47. The number of rotatable bonds is 8. The lowest BCUT2D eigenvalue weighted by atomic mass is 9.73. The third-order valence-corrected chi connectivity index (χ3v) is 5.32. The average Bonchev–Trinajstić information content (AvgIpc) is 3.26. The summed E-state index contributed by atoms with van der Waals surface area (Å²) in [5, 5.41) is 0. The molecule has 24 heavy (non-hydrogen) atoms. The number of ether oxygens (including phenoxy) is 1. The zero-order chi connectivity index (χ0) is 18.1. The minimum absolute atomic E-state index is 0.0507. The van der Waals surface area contributed by atoms with E-state index < -0.39 is 5.41 Å². The van der Waals surface area contributed by atoms with Crippen molar-refractivity contribution in [2.45, 2.75) is 47.0 Å². The molecule has 1 fully saturated rings. The van der Waals surface area contributed by atoms with Crippen LogP contribution in [-0.4, -0.2) is 18.2 Å².